The molecule has 0 saturated carbocycles. The monoisotopic (exact) mass is 948 g/mol. The van der Waals surface area contributed by atoms with Gasteiger partial charge in [0.05, 0.1) is 103 Å². The van der Waals surface area contributed by atoms with Crippen LogP contribution in [0.5, 0.6) is 34.5 Å². The fourth-order valence-electron chi connectivity index (χ4n) is 6.51. The van der Waals surface area contributed by atoms with Crippen LogP contribution in [0.2, 0.25) is 0 Å². The Bertz CT molecular complexity index is 2960. The smallest absolute Gasteiger partial charge is 0.345 e. The molecule has 0 unspecified atom stereocenters. The molecule has 0 radical (unpaired) electrons. The van der Waals surface area contributed by atoms with Gasteiger partial charge in [-0.3, -0.25) is 0 Å². The summed E-state index contributed by atoms with van der Waals surface area (Å²) in [5, 5.41) is 56.6. The molecule has 7 aromatic rings. The highest BCUT2D eigenvalue weighted by Gasteiger charge is 2.44. The van der Waals surface area contributed by atoms with E-state index in [1.165, 1.54) is 72.8 Å². The minimum atomic E-state index is -1.69. The van der Waals surface area contributed by atoms with Crippen molar-refractivity contribution in [3.05, 3.63) is 212 Å². The van der Waals surface area contributed by atoms with Crippen molar-refractivity contribution in [3.63, 3.8) is 0 Å². The van der Waals surface area contributed by atoms with Crippen LogP contribution in [-0.2, 0) is 0 Å². The van der Waals surface area contributed by atoms with Gasteiger partial charge < -0.3 is 28.4 Å². The van der Waals surface area contributed by atoms with Crippen LogP contribution in [-0.4, -0.2) is 35.8 Å². The summed E-state index contributed by atoms with van der Waals surface area (Å²) in [7, 11) is 0. The Morgan fingerprint density at radius 3 is 0.431 bits per heavy atom. The van der Waals surface area contributed by atoms with E-state index in [0.29, 0.717) is 0 Å². The average Bonchev–Trinajstić information content (AvgIpc) is 3.41. The van der Waals surface area contributed by atoms with Crippen molar-refractivity contribution in [2.75, 3.05) is 0 Å². The highest BCUT2D eigenvalue weighted by Crippen LogP contribution is 2.36. The fraction of sp³-hybridized carbons (Fsp3) is 0. The molecule has 0 aliphatic carbocycles. The number of hydrogen-bond acceptors (Lipinski definition) is 18. The van der Waals surface area contributed by atoms with Crippen molar-refractivity contribution < 1.29 is 57.2 Å². The Balaban J connectivity index is 1.62. The topological polar surface area (TPSA) is 301 Å². The van der Waals surface area contributed by atoms with E-state index in [4.69, 9.17) is 28.4 Å². The van der Waals surface area contributed by atoms with Gasteiger partial charge in [-0.25, -0.2) is 28.8 Å². The van der Waals surface area contributed by atoms with Crippen LogP contribution < -0.4 is 28.4 Å². The first kappa shape index (κ1) is 48.2. The van der Waals surface area contributed by atoms with Crippen LogP contribution in [0.4, 0.5) is 0 Å². The average molecular weight is 949 g/mol. The molecule has 0 saturated heterocycles. The molecule has 0 aliphatic heterocycles. The Morgan fingerprint density at radius 2 is 0.333 bits per heavy atom. The summed E-state index contributed by atoms with van der Waals surface area (Å²) < 4.78 is 34.0. The fourth-order valence-corrected chi connectivity index (χ4v) is 6.51. The molecule has 0 bridgehead atoms. The minimum absolute atomic E-state index is 0.110. The van der Waals surface area contributed by atoms with E-state index in [0.717, 1.165) is 72.8 Å². The Labute approximate surface area is 406 Å². The van der Waals surface area contributed by atoms with E-state index in [2.05, 4.69) is 0 Å². The standard InChI is InChI=1S/C54H24N6O12/c55-25-31-1-13-37(14-2-31)67-49(61)43-44(50(62)68-38-15-3-32(26-56)4-16-38)46(52(64)70-40-19-7-34(28-58)8-20-40)48(54(66)72-42-23-11-36(30-60)12-24-42)47(53(65)71-41-21-9-35(29-59)10-22-41)45(43)51(63)69-39-17-5-33(27-57)6-18-39/h1-24H. The van der Waals surface area contributed by atoms with Crippen molar-refractivity contribution in [2.45, 2.75) is 0 Å². The summed E-state index contributed by atoms with van der Waals surface area (Å²) in [5.74, 6) is -12.1. The van der Waals surface area contributed by atoms with Crippen LogP contribution >= 0.6 is 0 Å². The Hall–Kier alpha value is -11.7. The van der Waals surface area contributed by atoms with Gasteiger partial charge in [-0.15, -0.1) is 0 Å². The van der Waals surface area contributed by atoms with Gasteiger partial charge in [0.25, 0.3) is 0 Å². The lowest BCUT2D eigenvalue weighted by Crippen LogP contribution is -2.34. The first-order valence-corrected chi connectivity index (χ1v) is 20.4. The van der Waals surface area contributed by atoms with Crippen LogP contribution in [0.1, 0.15) is 95.5 Å². The lowest BCUT2D eigenvalue weighted by Gasteiger charge is -2.22. The van der Waals surface area contributed by atoms with Crippen molar-refractivity contribution in [1.82, 2.24) is 0 Å². The van der Waals surface area contributed by atoms with E-state index in [1.807, 2.05) is 36.4 Å². The molecule has 7 aromatic carbocycles. The predicted molar refractivity (Wildman–Crippen MR) is 243 cm³/mol. The third-order valence-corrected chi connectivity index (χ3v) is 9.89. The number of esters is 6. The van der Waals surface area contributed by atoms with Crippen LogP contribution in [0, 0.1) is 68.0 Å². The molecule has 0 N–H and O–H groups in total. The highest BCUT2D eigenvalue weighted by molar-refractivity contribution is 6.25. The molecule has 0 atom stereocenters. The van der Waals surface area contributed by atoms with Crippen LogP contribution in [0.25, 0.3) is 0 Å². The first-order chi connectivity index (χ1) is 34.9. The molecule has 18 nitrogen and oxygen atoms in total. The summed E-state index contributed by atoms with van der Waals surface area (Å²) in [4.78, 5) is 90.3. The van der Waals surface area contributed by atoms with Crippen LogP contribution in [0.15, 0.2) is 146 Å². The molecule has 0 spiro atoms. The number of nitrogens with zero attached hydrogens (tertiary/aromatic N) is 6. The molecular formula is C54H24N6O12. The summed E-state index contributed by atoms with van der Waals surface area (Å²) >= 11 is 0. The zero-order chi connectivity index (χ0) is 51.3. The second-order valence-electron chi connectivity index (χ2n) is 14.4. The van der Waals surface area contributed by atoms with E-state index in [9.17, 15) is 31.6 Å². The minimum Gasteiger partial charge on any atom is -0.423 e. The number of carbonyl (C=O) groups is 6. The number of nitriles is 6. The van der Waals surface area contributed by atoms with Gasteiger partial charge in [-0.05, 0) is 146 Å². The van der Waals surface area contributed by atoms with E-state index in [-0.39, 0.29) is 67.9 Å². The number of hydrogen-bond donors (Lipinski definition) is 0. The van der Waals surface area contributed by atoms with Gasteiger partial charge in [0.15, 0.2) is 0 Å². The van der Waals surface area contributed by atoms with Crippen molar-refractivity contribution in [1.29, 1.82) is 31.6 Å². The van der Waals surface area contributed by atoms with Gasteiger partial charge in [0.2, 0.25) is 0 Å². The first-order valence-electron chi connectivity index (χ1n) is 20.4. The van der Waals surface area contributed by atoms with Crippen molar-refractivity contribution >= 4 is 35.8 Å². The number of carbonyl (C=O) groups excluding carboxylic acids is 6. The van der Waals surface area contributed by atoms with E-state index < -0.39 is 69.2 Å². The third kappa shape index (κ3) is 10.9. The zero-order valence-electron chi connectivity index (χ0n) is 36.4. The van der Waals surface area contributed by atoms with Gasteiger partial charge in [-0.2, -0.15) is 31.6 Å². The molecular weight excluding hydrogens is 925 g/mol. The second kappa shape index (κ2) is 21.7. The highest BCUT2D eigenvalue weighted by atomic mass is 16.6. The number of ether oxygens (including phenoxy) is 6. The Kier molecular flexibility index (Phi) is 14.6. The molecule has 0 aromatic heterocycles. The number of rotatable bonds is 12. The van der Waals surface area contributed by atoms with E-state index in [1.54, 1.807) is 0 Å². The molecule has 18 heteroatoms. The zero-order valence-corrected chi connectivity index (χ0v) is 36.4. The maximum absolute atomic E-state index is 15.0. The maximum atomic E-state index is 15.0. The van der Waals surface area contributed by atoms with Crippen molar-refractivity contribution in [3.8, 4) is 70.9 Å². The SMILES string of the molecule is N#Cc1ccc(OC(=O)c2c(C(=O)Oc3ccc(C#N)cc3)c(C(=O)Oc3ccc(C#N)cc3)c(C(=O)Oc3ccc(C#N)cc3)c(C(=O)Oc3ccc(C#N)cc3)c2C(=O)Oc2ccc(C#N)cc2)cc1. The molecule has 0 fully saturated rings. The molecule has 0 aliphatic rings. The molecule has 7 rings (SSSR count). The molecule has 72 heavy (non-hydrogen) atoms. The maximum Gasteiger partial charge on any atom is 0.345 e. The van der Waals surface area contributed by atoms with Crippen LogP contribution in [0.3, 0.4) is 0 Å². The second-order valence-corrected chi connectivity index (χ2v) is 14.4. The molecule has 342 valence electrons. The predicted octanol–water partition coefficient (Wildman–Crippen LogP) is 8.23. The van der Waals surface area contributed by atoms with E-state index >= 15 is 28.8 Å². The van der Waals surface area contributed by atoms with Gasteiger partial charge in [0, 0.05) is 0 Å². The Morgan fingerprint density at radius 1 is 0.222 bits per heavy atom. The number of benzene rings is 7. The van der Waals surface area contributed by atoms with Gasteiger partial charge in [-0.1, -0.05) is 0 Å². The molecule has 0 heterocycles. The normalized spacial score (nSPS) is 9.92. The summed E-state index contributed by atoms with van der Waals surface area (Å²) in [6.07, 6.45) is 0. The summed E-state index contributed by atoms with van der Waals surface area (Å²) in [6, 6.07) is 40.1. The van der Waals surface area contributed by atoms with Gasteiger partial charge >= 0.3 is 35.8 Å². The quantitative estimate of drug-likeness (QED) is 0.0822. The largest absolute Gasteiger partial charge is 0.423 e. The van der Waals surface area contributed by atoms with Crippen molar-refractivity contribution in [2.24, 2.45) is 0 Å². The third-order valence-electron chi connectivity index (χ3n) is 9.89. The summed E-state index contributed by atoms with van der Waals surface area (Å²) in [6.45, 7) is 0. The van der Waals surface area contributed by atoms with Gasteiger partial charge in [0.1, 0.15) is 34.5 Å². The lowest BCUT2D eigenvalue weighted by molar-refractivity contribution is 0.0635. The molecule has 0 amide bonds. The summed E-state index contributed by atoms with van der Waals surface area (Å²) in [5.41, 5.74) is -6.98. The lowest BCUT2D eigenvalue weighted by atomic mass is 9.85.